The predicted molar refractivity (Wildman–Crippen MR) is 75.7 cm³/mol. The van der Waals surface area contributed by atoms with Gasteiger partial charge in [0.1, 0.15) is 0 Å². The van der Waals surface area contributed by atoms with Crippen molar-refractivity contribution in [3.8, 4) is 6.07 Å². The topological polar surface area (TPSA) is 23.8 Å². The summed E-state index contributed by atoms with van der Waals surface area (Å²) in [6.45, 7) is -0.166. The van der Waals surface area contributed by atoms with Gasteiger partial charge in [-0.2, -0.15) is 5.26 Å². The van der Waals surface area contributed by atoms with Crippen LogP contribution in [-0.2, 0) is 0 Å². The Morgan fingerprint density at radius 3 is 2.32 bits per heavy atom. The van der Waals surface area contributed by atoms with Gasteiger partial charge >= 0.3 is 0 Å². The van der Waals surface area contributed by atoms with Crippen molar-refractivity contribution in [1.29, 1.82) is 5.26 Å². The fourth-order valence-corrected chi connectivity index (χ4v) is 3.14. The molecule has 1 nitrogen and oxygen atoms in total. The van der Waals surface area contributed by atoms with Crippen molar-refractivity contribution in [3.63, 3.8) is 0 Å². The van der Waals surface area contributed by atoms with Crippen LogP contribution in [0.4, 0.5) is 4.39 Å². The van der Waals surface area contributed by atoms with E-state index in [4.69, 9.17) is 5.26 Å². The molecule has 1 aromatic rings. The predicted octanol–water partition coefficient (Wildman–Crippen LogP) is 4.97. The zero-order chi connectivity index (χ0) is 13.5. The summed E-state index contributed by atoms with van der Waals surface area (Å²) >= 11 is 0. The van der Waals surface area contributed by atoms with Crippen LogP contribution in [0.5, 0.6) is 0 Å². The first-order chi connectivity index (χ1) is 9.33. The van der Waals surface area contributed by atoms with Crippen LogP contribution in [0.15, 0.2) is 24.3 Å². The van der Waals surface area contributed by atoms with Crippen molar-refractivity contribution in [3.05, 3.63) is 35.4 Å². The number of alkyl halides is 1. The summed E-state index contributed by atoms with van der Waals surface area (Å²) in [7, 11) is 0. The monoisotopic (exact) mass is 259 g/mol. The Morgan fingerprint density at radius 2 is 1.74 bits per heavy atom. The molecule has 102 valence electrons. The fraction of sp³-hybridized carbons (Fsp3) is 0.588. The third-order valence-electron chi connectivity index (χ3n) is 4.35. The number of unbranched alkanes of at least 4 members (excludes halogenated alkanes) is 1. The molecule has 0 bridgehead atoms. The van der Waals surface area contributed by atoms with E-state index in [0.29, 0.717) is 5.92 Å². The number of nitrogens with zero attached hydrogens (tertiary/aromatic N) is 1. The van der Waals surface area contributed by atoms with Gasteiger partial charge in [-0.1, -0.05) is 25.0 Å². The molecule has 0 unspecified atom stereocenters. The molecule has 0 aliphatic heterocycles. The van der Waals surface area contributed by atoms with Gasteiger partial charge in [0.2, 0.25) is 0 Å². The lowest BCUT2D eigenvalue weighted by Gasteiger charge is -2.28. The Balaban J connectivity index is 1.80. The molecule has 1 aliphatic carbocycles. The molecule has 19 heavy (non-hydrogen) atoms. The van der Waals surface area contributed by atoms with E-state index < -0.39 is 0 Å². The largest absolute Gasteiger partial charge is 0.251 e. The molecule has 0 amide bonds. The zero-order valence-corrected chi connectivity index (χ0v) is 11.4. The smallest absolute Gasteiger partial charge is 0.0991 e. The van der Waals surface area contributed by atoms with Gasteiger partial charge in [0.05, 0.1) is 18.3 Å². The van der Waals surface area contributed by atoms with Crippen molar-refractivity contribution in [2.75, 3.05) is 6.67 Å². The summed E-state index contributed by atoms with van der Waals surface area (Å²) < 4.78 is 12.1. The van der Waals surface area contributed by atoms with Crippen molar-refractivity contribution < 1.29 is 4.39 Å². The van der Waals surface area contributed by atoms with Crippen LogP contribution in [0, 0.1) is 17.2 Å². The molecule has 0 saturated heterocycles. The van der Waals surface area contributed by atoms with Crippen LogP contribution in [0.25, 0.3) is 0 Å². The van der Waals surface area contributed by atoms with E-state index in [0.717, 1.165) is 24.3 Å². The minimum atomic E-state index is -0.166. The second kappa shape index (κ2) is 7.28. The van der Waals surface area contributed by atoms with E-state index >= 15 is 0 Å². The molecule has 0 spiro atoms. The molecule has 0 heterocycles. The molecule has 0 aromatic heterocycles. The van der Waals surface area contributed by atoms with Crippen molar-refractivity contribution in [2.24, 2.45) is 5.92 Å². The van der Waals surface area contributed by atoms with Gasteiger partial charge in [0.15, 0.2) is 0 Å². The lowest BCUT2D eigenvalue weighted by Crippen LogP contribution is -2.13. The third kappa shape index (κ3) is 4.06. The van der Waals surface area contributed by atoms with E-state index in [1.807, 2.05) is 12.1 Å². The van der Waals surface area contributed by atoms with Gasteiger partial charge in [0.25, 0.3) is 0 Å². The van der Waals surface area contributed by atoms with Crippen molar-refractivity contribution in [2.45, 2.75) is 50.9 Å². The highest BCUT2D eigenvalue weighted by atomic mass is 19.1. The summed E-state index contributed by atoms with van der Waals surface area (Å²) in [4.78, 5) is 0. The first-order valence-corrected chi connectivity index (χ1v) is 7.39. The first-order valence-electron chi connectivity index (χ1n) is 7.39. The Labute approximate surface area is 115 Å². The van der Waals surface area contributed by atoms with Gasteiger partial charge in [-0.3, -0.25) is 4.39 Å². The summed E-state index contributed by atoms with van der Waals surface area (Å²) in [5.41, 5.74) is 2.12. The Kier molecular flexibility index (Phi) is 5.39. The van der Waals surface area contributed by atoms with Gasteiger partial charge < -0.3 is 0 Å². The summed E-state index contributed by atoms with van der Waals surface area (Å²) in [6, 6.07) is 10.2. The summed E-state index contributed by atoms with van der Waals surface area (Å²) in [5, 5.41) is 8.80. The lowest BCUT2D eigenvalue weighted by molar-refractivity contribution is 0.298. The molecular weight excluding hydrogens is 237 g/mol. The highest BCUT2D eigenvalue weighted by Crippen LogP contribution is 2.37. The van der Waals surface area contributed by atoms with Crippen LogP contribution in [0.1, 0.15) is 62.0 Å². The van der Waals surface area contributed by atoms with E-state index in [-0.39, 0.29) is 6.67 Å². The zero-order valence-electron chi connectivity index (χ0n) is 11.4. The lowest BCUT2D eigenvalue weighted by atomic mass is 9.77. The number of nitriles is 1. The van der Waals surface area contributed by atoms with Gasteiger partial charge in [-0.25, -0.2) is 0 Å². The van der Waals surface area contributed by atoms with Gasteiger partial charge in [0, 0.05) is 0 Å². The van der Waals surface area contributed by atoms with Crippen LogP contribution >= 0.6 is 0 Å². The summed E-state index contributed by atoms with van der Waals surface area (Å²) in [6.07, 6.45) is 8.01. The molecule has 2 heteroatoms. The number of hydrogen-bond donors (Lipinski definition) is 0. The number of halogens is 1. The maximum Gasteiger partial charge on any atom is 0.0991 e. The van der Waals surface area contributed by atoms with Crippen LogP contribution in [0.2, 0.25) is 0 Å². The fourth-order valence-electron chi connectivity index (χ4n) is 3.14. The van der Waals surface area contributed by atoms with Gasteiger partial charge in [-0.15, -0.1) is 0 Å². The normalized spacial score (nSPS) is 22.9. The minimum Gasteiger partial charge on any atom is -0.251 e. The average molecular weight is 259 g/mol. The Bertz CT molecular complexity index is 410. The van der Waals surface area contributed by atoms with E-state index in [1.54, 1.807) is 0 Å². The number of benzene rings is 1. The molecule has 1 aromatic carbocycles. The van der Waals surface area contributed by atoms with E-state index in [9.17, 15) is 4.39 Å². The maximum atomic E-state index is 12.1. The Hall–Kier alpha value is -1.36. The molecule has 0 radical (unpaired) electrons. The standard InChI is InChI=1S/C17H22FN/c18-12-2-1-3-14-4-8-16(9-5-14)17-10-6-15(13-19)7-11-17/h6-7,10-11,14,16H,1-5,8-9,12H2. The van der Waals surface area contributed by atoms with E-state index in [1.165, 1.54) is 37.7 Å². The molecule has 0 N–H and O–H groups in total. The molecule has 1 aliphatic rings. The second-order valence-electron chi connectivity index (χ2n) is 5.64. The van der Waals surface area contributed by atoms with Crippen LogP contribution < -0.4 is 0 Å². The SMILES string of the molecule is N#Cc1ccc(C2CCC(CCCCF)CC2)cc1. The Morgan fingerprint density at radius 1 is 1.05 bits per heavy atom. The van der Waals surface area contributed by atoms with Crippen LogP contribution in [0.3, 0.4) is 0 Å². The quantitative estimate of drug-likeness (QED) is 0.685. The van der Waals surface area contributed by atoms with Gasteiger partial charge in [-0.05, 0) is 61.6 Å². The molecule has 1 fully saturated rings. The highest BCUT2D eigenvalue weighted by Gasteiger charge is 2.21. The van der Waals surface area contributed by atoms with E-state index in [2.05, 4.69) is 18.2 Å². The molecule has 2 rings (SSSR count). The minimum absolute atomic E-state index is 0.166. The summed E-state index contributed by atoms with van der Waals surface area (Å²) in [5.74, 6) is 1.46. The molecular formula is C17H22FN. The number of hydrogen-bond acceptors (Lipinski definition) is 1. The number of rotatable bonds is 5. The van der Waals surface area contributed by atoms with Crippen molar-refractivity contribution >= 4 is 0 Å². The third-order valence-corrected chi connectivity index (χ3v) is 4.35. The average Bonchev–Trinajstić information content (AvgIpc) is 2.48. The second-order valence-corrected chi connectivity index (χ2v) is 5.64. The molecule has 0 atom stereocenters. The highest BCUT2D eigenvalue weighted by molar-refractivity contribution is 5.33. The first kappa shape index (κ1) is 14.1. The van der Waals surface area contributed by atoms with Crippen molar-refractivity contribution in [1.82, 2.24) is 0 Å². The van der Waals surface area contributed by atoms with Crippen LogP contribution in [-0.4, -0.2) is 6.67 Å². The molecule has 1 saturated carbocycles. The maximum absolute atomic E-state index is 12.1.